The highest BCUT2D eigenvalue weighted by Crippen LogP contribution is 2.18. The molecule has 3 N–H and O–H groups in total. The first-order valence-electron chi connectivity index (χ1n) is 4.09. The Morgan fingerprint density at radius 2 is 1.88 bits per heavy atom. The summed E-state index contributed by atoms with van der Waals surface area (Å²) in [4.78, 5) is 21.3. The zero-order valence-electron chi connectivity index (χ0n) is 7.84. The summed E-state index contributed by atoms with van der Waals surface area (Å²) in [6.07, 6.45) is -4.97. The van der Waals surface area contributed by atoms with E-state index in [1.165, 1.54) is 18.2 Å². The van der Waals surface area contributed by atoms with Gasteiger partial charge >= 0.3 is 12.1 Å². The van der Waals surface area contributed by atoms with Gasteiger partial charge in [0.25, 0.3) is 0 Å². The van der Waals surface area contributed by atoms with Gasteiger partial charge in [0.1, 0.15) is 0 Å². The lowest BCUT2D eigenvalue weighted by Gasteiger charge is -2.08. The van der Waals surface area contributed by atoms with Crippen LogP contribution in [0.15, 0.2) is 24.3 Å². The molecular formula is C9H7F3N2O2. The first-order valence-corrected chi connectivity index (χ1v) is 4.09. The fourth-order valence-electron chi connectivity index (χ4n) is 0.952. The number of nitrogens with one attached hydrogen (secondary N) is 1. The van der Waals surface area contributed by atoms with Gasteiger partial charge in [0.15, 0.2) is 0 Å². The molecule has 4 nitrogen and oxygen atoms in total. The van der Waals surface area contributed by atoms with Crippen molar-refractivity contribution in [2.24, 2.45) is 5.73 Å². The summed E-state index contributed by atoms with van der Waals surface area (Å²) in [5.74, 6) is -2.89. The Hall–Kier alpha value is -2.05. The molecule has 0 aromatic heterocycles. The van der Waals surface area contributed by atoms with E-state index in [0.717, 1.165) is 6.07 Å². The predicted octanol–water partition coefficient (Wildman–Crippen LogP) is 1.29. The summed E-state index contributed by atoms with van der Waals surface area (Å²) in [5.41, 5.74) is 4.80. The van der Waals surface area contributed by atoms with E-state index in [0.29, 0.717) is 0 Å². The monoisotopic (exact) mass is 232 g/mol. The summed E-state index contributed by atoms with van der Waals surface area (Å²) in [6.45, 7) is 0. The van der Waals surface area contributed by atoms with Crippen LogP contribution in [0.25, 0.3) is 0 Å². The number of hydrogen-bond donors (Lipinski definition) is 2. The molecule has 7 heteroatoms. The molecule has 0 bridgehead atoms. The van der Waals surface area contributed by atoms with Crippen molar-refractivity contribution in [2.75, 3.05) is 5.32 Å². The molecule has 0 aliphatic carbocycles. The number of carbonyl (C=O) groups is 2. The summed E-state index contributed by atoms with van der Waals surface area (Å²) in [5, 5.41) is 1.61. The van der Waals surface area contributed by atoms with Crippen LogP contribution in [0.3, 0.4) is 0 Å². The quantitative estimate of drug-likeness (QED) is 0.806. The molecule has 0 fully saturated rings. The van der Waals surface area contributed by atoms with Crippen LogP contribution in [0, 0.1) is 0 Å². The highest BCUT2D eigenvalue weighted by atomic mass is 19.4. The van der Waals surface area contributed by atoms with Gasteiger partial charge in [-0.25, -0.2) is 0 Å². The third-order valence-electron chi connectivity index (χ3n) is 1.66. The normalized spacial score (nSPS) is 10.9. The molecule has 1 aromatic carbocycles. The Bertz CT molecular complexity index is 429. The molecule has 1 rings (SSSR count). The van der Waals surface area contributed by atoms with Crippen LogP contribution in [0.1, 0.15) is 10.4 Å². The number of primary amides is 1. The highest BCUT2D eigenvalue weighted by Gasteiger charge is 2.38. The van der Waals surface area contributed by atoms with Crippen molar-refractivity contribution in [3.8, 4) is 0 Å². The van der Waals surface area contributed by atoms with Gasteiger partial charge in [0.05, 0.1) is 0 Å². The molecule has 0 unspecified atom stereocenters. The Kier molecular flexibility index (Phi) is 3.17. The second-order valence-electron chi connectivity index (χ2n) is 2.90. The average molecular weight is 232 g/mol. The number of rotatable bonds is 2. The number of anilines is 1. The Morgan fingerprint density at radius 1 is 1.25 bits per heavy atom. The van der Waals surface area contributed by atoms with Crippen LogP contribution >= 0.6 is 0 Å². The summed E-state index contributed by atoms with van der Waals surface area (Å²) < 4.78 is 35.7. The van der Waals surface area contributed by atoms with Crippen molar-refractivity contribution in [3.63, 3.8) is 0 Å². The van der Waals surface area contributed by atoms with Crippen molar-refractivity contribution < 1.29 is 22.8 Å². The molecule has 0 saturated heterocycles. The lowest BCUT2D eigenvalue weighted by Crippen LogP contribution is -2.30. The number of nitrogens with two attached hydrogens (primary N) is 1. The number of halogens is 3. The van der Waals surface area contributed by atoms with Crippen molar-refractivity contribution in [1.82, 2.24) is 0 Å². The molecule has 0 saturated carbocycles. The van der Waals surface area contributed by atoms with Crippen LogP contribution in [-0.4, -0.2) is 18.0 Å². The Labute approximate surface area is 88.2 Å². The van der Waals surface area contributed by atoms with Crippen LogP contribution < -0.4 is 11.1 Å². The molecule has 0 spiro atoms. The first kappa shape index (κ1) is 12.0. The molecule has 0 heterocycles. The van der Waals surface area contributed by atoms with E-state index in [9.17, 15) is 22.8 Å². The van der Waals surface area contributed by atoms with Gasteiger partial charge in [-0.05, 0) is 18.2 Å². The van der Waals surface area contributed by atoms with Crippen molar-refractivity contribution >= 4 is 17.5 Å². The highest BCUT2D eigenvalue weighted by molar-refractivity contribution is 5.97. The molecule has 0 aliphatic rings. The topological polar surface area (TPSA) is 72.2 Å². The molecule has 0 radical (unpaired) electrons. The SMILES string of the molecule is NC(=O)c1cccc(NC(=O)C(F)(F)F)c1. The molecule has 16 heavy (non-hydrogen) atoms. The van der Waals surface area contributed by atoms with E-state index < -0.39 is 18.0 Å². The molecule has 0 aliphatic heterocycles. The summed E-state index contributed by atoms with van der Waals surface area (Å²) in [6, 6.07) is 4.92. The minimum Gasteiger partial charge on any atom is -0.366 e. The molecule has 0 atom stereocenters. The fraction of sp³-hybridized carbons (Fsp3) is 0.111. The number of hydrogen-bond acceptors (Lipinski definition) is 2. The van der Waals surface area contributed by atoms with Gasteiger partial charge in [-0.1, -0.05) is 6.07 Å². The van der Waals surface area contributed by atoms with Gasteiger partial charge < -0.3 is 11.1 Å². The Balaban J connectivity index is 2.87. The van der Waals surface area contributed by atoms with E-state index in [2.05, 4.69) is 0 Å². The minimum atomic E-state index is -4.97. The van der Waals surface area contributed by atoms with Gasteiger partial charge in [-0.15, -0.1) is 0 Å². The lowest BCUT2D eigenvalue weighted by molar-refractivity contribution is -0.167. The van der Waals surface area contributed by atoms with Gasteiger partial charge in [-0.2, -0.15) is 13.2 Å². The average Bonchev–Trinajstić information content (AvgIpc) is 2.16. The van der Waals surface area contributed by atoms with Crippen molar-refractivity contribution in [2.45, 2.75) is 6.18 Å². The number of amides is 2. The number of benzene rings is 1. The molecular weight excluding hydrogens is 225 g/mol. The third-order valence-corrected chi connectivity index (χ3v) is 1.66. The van der Waals surface area contributed by atoms with Crippen LogP contribution in [0.5, 0.6) is 0 Å². The molecule has 1 aromatic rings. The van der Waals surface area contributed by atoms with Gasteiger partial charge in [0.2, 0.25) is 5.91 Å². The molecule has 2 amide bonds. The van der Waals surface area contributed by atoms with E-state index >= 15 is 0 Å². The van der Waals surface area contributed by atoms with Crippen LogP contribution in [-0.2, 0) is 4.79 Å². The maximum Gasteiger partial charge on any atom is 0.471 e. The van der Waals surface area contributed by atoms with Gasteiger partial charge in [0, 0.05) is 11.3 Å². The van der Waals surface area contributed by atoms with E-state index in [1.54, 1.807) is 5.32 Å². The predicted molar refractivity (Wildman–Crippen MR) is 49.6 cm³/mol. The summed E-state index contributed by atoms with van der Waals surface area (Å²) >= 11 is 0. The maximum absolute atomic E-state index is 11.9. The summed E-state index contributed by atoms with van der Waals surface area (Å²) in [7, 11) is 0. The maximum atomic E-state index is 11.9. The Morgan fingerprint density at radius 3 is 2.38 bits per heavy atom. The van der Waals surface area contributed by atoms with Crippen LogP contribution in [0.2, 0.25) is 0 Å². The van der Waals surface area contributed by atoms with Crippen LogP contribution in [0.4, 0.5) is 18.9 Å². The fourth-order valence-corrected chi connectivity index (χ4v) is 0.952. The molecule has 86 valence electrons. The van der Waals surface area contributed by atoms with E-state index in [1.807, 2.05) is 0 Å². The van der Waals surface area contributed by atoms with Crippen molar-refractivity contribution in [3.05, 3.63) is 29.8 Å². The van der Waals surface area contributed by atoms with Gasteiger partial charge in [-0.3, -0.25) is 9.59 Å². The second-order valence-corrected chi connectivity index (χ2v) is 2.90. The largest absolute Gasteiger partial charge is 0.471 e. The number of alkyl halides is 3. The number of carbonyl (C=O) groups excluding carboxylic acids is 2. The van der Waals surface area contributed by atoms with E-state index in [4.69, 9.17) is 5.73 Å². The third kappa shape index (κ3) is 2.97. The second kappa shape index (κ2) is 4.21. The smallest absolute Gasteiger partial charge is 0.366 e. The minimum absolute atomic E-state index is 0.0139. The first-order chi connectivity index (χ1) is 7.30. The van der Waals surface area contributed by atoms with E-state index in [-0.39, 0.29) is 11.3 Å². The standard InChI is InChI=1S/C9H7F3N2O2/c10-9(11,12)8(16)14-6-3-1-2-5(4-6)7(13)15/h1-4H,(H2,13,15)(H,14,16). The lowest BCUT2D eigenvalue weighted by atomic mass is 10.2. The zero-order chi connectivity index (χ0) is 12.3. The van der Waals surface area contributed by atoms with Crippen molar-refractivity contribution in [1.29, 1.82) is 0 Å². The zero-order valence-corrected chi connectivity index (χ0v) is 7.84.